The maximum Gasteiger partial charge on any atom is 0.191 e. The fourth-order valence-electron chi connectivity index (χ4n) is 3.19. The van der Waals surface area contributed by atoms with E-state index in [1.54, 1.807) is 13.2 Å². The van der Waals surface area contributed by atoms with Crippen molar-refractivity contribution >= 4 is 17.7 Å². The van der Waals surface area contributed by atoms with Gasteiger partial charge in [-0.15, -0.1) is 0 Å². The number of rotatable bonds is 8. The fourth-order valence-corrected chi connectivity index (χ4v) is 4.34. The van der Waals surface area contributed by atoms with Crippen LogP contribution in [0.25, 0.3) is 0 Å². The van der Waals surface area contributed by atoms with Crippen LogP contribution in [-0.4, -0.2) is 48.3 Å². The zero-order chi connectivity index (χ0) is 18.1. The second-order valence-electron chi connectivity index (χ2n) is 6.21. The van der Waals surface area contributed by atoms with Gasteiger partial charge in [0, 0.05) is 24.4 Å². The molecule has 3 N–H and O–H groups in total. The summed E-state index contributed by atoms with van der Waals surface area (Å²) in [5.74, 6) is 2.79. The van der Waals surface area contributed by atoms with E-state index >= 15 is 0 Å². The van der Waals surface area contributed by atoms with Gasteiger partial charge in [0.15, 0.2) is 17.5 Å². The Labute approximate surface area is 155 Å². The summed E-state index contributed by atoms with van der Waals surface area (Å²) in [6.45, 7) is 5.77. The number of benzene rings is 1. The van der Waals surface area contributed by atoms with Gasteiger partial charge in [0.05, 0.1) is 7.11 Å². The highest BCUT2D eigenvalue weighted by Crippen LogP contribution is 2.30. The van der Waals surface area contributed by atoms with Crippen molar-refractivity contribution in [2.75, 3.05) is 26.0 Å². The largest absolute Gasteiger partial charge is 0.504 e. The van der Waals surface area contributed by atoms with Gasteiger partial charge in [0.1, 0.15) is 0 Å². The van der Waals surface area contributed by atoms with Crippen molar-refractivity contribution in [1.29, 1.82) is 0 Å². The lowest BCUT2D eigenvalue weighted by Gasteiger charge is -2.17. The quantitative estimate of drug-likeness (QED) is 0.488. The van der Waals surface area contributed by atoms with Crippen LogP contribution in [-0.2, 0) is 6.42 Å². The standard InChI is InChI=1S/C19H31N3O2S/c1-4-20-19(22-15-9-10-16(13-15)25-5-2)21-12-11-14-7-6-8-17(24-3)18(14)23/h6-8,15-16,23H,4-5,9-13H2,1-3H3,(H2,20,21,22). The van der Waals surface area contributed by atoms with E-state index in [9.17, 15) is 5.11 Å². The number of guanidine groups is 1. The number of phenolic OH excluding ortho intramolecular Hbond substituents is 1. The monoisotopic (exact) mass is 365 g/mol. The van der Waals surface area contributed by atoms with Gasteiger partial charge in [-0.25, -0.2) is 0 Å². The molecule has 0 aliphatic heterocycles. The molecule has 1 aromatic carbocycles. The predicted molar refractivity (Wildman–Crippen MR) is 107 cm³/mol. The van der Waals surface area contributed by atoms with Crippen molar-refractivity contribution in [2.24, 2.45) is 4.99 Å². The summed E-state index contributed by atoms with van der Waals surface area (Å²) in [4.78, 5) is 4.68. The molecule has 0 bridgehead atoms. The van der Waals surface area contributed by atoms with Gasteiger partial charge in [-0.1, -0.05) is 19.1 Å². The summed E-state index contributed by atoms with van der Waals surface area (Å²) < 4.78 is 5.16. The van der Waals surface area contributed by atoms with Crippen molar-refractivity contribution in [2.45, 2.75) is 50.8 Å². The van der Waals surface area contributed by atoms with Gasteiger partial charge in [-0.3, -0.25) is 4.99 Å². The molecule has 1 saturated carbocycles. The first-order chi connectivity index (χ1) is 12.2. The molecule has 0 spiro atoms. The SMILES string of the molecule is CCNC(=NCCc1cccc(OC)c1O)NC1CCC(SCC)C1. The Morgan fingerprint density at radius 1 is 1.36 bits per heavy atom. The third-order valence-electron chi connectivity index (χ3n) is 4.43. The second-order valence-corrected chi connectivity index (χ2v) is 7.79. The molecule has 0 heterocycles. The summed E-state index contributed by atoms with van der Waals surface area (Å²) in [7, 11) is 1.57. The molecule has 0 amide bonds. The molecule has 0 aromatic heterocycles. The molecule has 25 heavy (non-hydrogen) atoms. The first-order valence-electron chi connectivity index (χ1n) is 9.19. The minimum atomic E-state index is 0.216. The molecule has 5 nitrogen and oxygen atoms in total. The number of phenols is 1. The van der Waals surface area contributed by atoms with Crippen LogP contribution in [0.2, 0.25) is 0 Å². The number of nitrogens with one attached hydrogen (secondary N) is 2. The number of nitrogens with zero attached hydrogens (tertiary/aromatic N) is 1. The van der Waals surface area contributed by atoms with E-state index < -0.39 is 0 Å². The normalized spacial score (nSPS) is 20.5. The van der Waals surface area contributed by atoms with Gasteiger partial charge >= 0.3 is 0 Å². The van der Waals surface area contributed by atoms with Crippen molar-refractivity contribution < 1.29 is 9.84 Å². The smallest absolute Gasteiger partial charge is 0.191 e. The van der Waals surface area contributed by atoms with Crippen molar-refractivity contribution in [3.05, 3.63) is 23.8 Å². The summed E-state index contributed by atoms with van der Waals surface area (Å²) in [5, 5.41) is 17.8. The Bertz CT molecular complexity index is 566. The highest BCUT2D eigenvalue weighted by molar-refractivity contribution is 7.99. The number of ether oxygens (including phenoxy) is 1. The molecule has 0 radical (unpaired) electrons. The van der Waals surface area contributed by atoms with E-state index in [2.05, 4.69) is 41.2 Å². The van der Waals surface area contributed by atoms with E-state index in [1.165, 1.54) is 25.0 Å². The van der Waals surface area contributed by atoms with Crippen LogP contribution in [0.15, 0.2) is 23.2 Å². The molecule has 1 aliphatic rings. The second kappa shape index (κ2) is 10.4. The summed E-state index contributed by atoms with van der Waals surface area (Å²) in [6, 6.07) is 6.08. The Hall–Kier alpha value is -1.56. The molecule has 1 fully saturated rings. The van der Waals surface area contributed by atoms with Gasteiger partial charge in [0.25, 0.3) is 0 Å². The van der Waals surface area contributed by atoms with Crippen LogP contribution in [0.3, 0.4) is 0 Å². The first-order valence-corrected chi connectivity index (χ1v) is 10.2. The molecular weight excluding hydrogens is 334 g/mol. The Balaban J connectivity index is 1.89. The van der Waals surface area contributed by atoms with Crippen molar-refractivity contribution in [3.8, 4) is 11.5 Å². The number of hydrogen-bond donors (Lipinski definition) is 3. The Morgan fingerprint density at radius 2 is 2.20 bits per heavy atom. The van der Waals surface area contributed by atoms with E-state index in [4.69, 9.17) is 4.74 Å². The lowest BCUT2D eigenvalue weighted by Crippen LogP contribution is -2.42. The number of methoxy groups -OCH3 is 1. The fraction of sp³-hybridized carbons (Fsp3) is 0.632. The van der Waals surface area contributed by atoms with Gasteiger partial charge in [-0.05, 0) is 50.0 Å². The zero-order valence-electron chi connectivity index (χ0n) is 15.5. The van der Waals surface area contributed by atoms with Crippen LogP contribution in [0.4, 0.5) is 0 Å². The molecule has 2 rings (SSSR count). The molecule has 6 heteroatoms. The van der Waals surface area contributed by atoms with Gasteiger partial charge < -0.3 is 20.5 Å². The first kappa shape index (κ1) is 19.8. The van der Waals surface area contributed by atoms with E-state index in [0.29, 0.717) is 24.8 Å². The molecule has 140 valence electrons. The minimum absolute atomic E-state index is 0.216. The number of para-hydroxylation sites is 1. The summed E-state index contributed by atoms with van der Waals surface area (Å²) in [5.41, 5.74) is 0.860. The third-order valence-corrected chi connectivity index (χ3v) is 5.66. The summed E-state index contributed by atoms with van der Waals surface area (Å²) >= 11 is 2.06. The Kier molecular flexibility index (Phi) is 8.25. The van der Waals surface area contributed by atoms with Crippen LogP contribution >= 0.6 is 11.8 Å². The summed E-state index contributed by atoms with van der Waals surface area (Å²) in [6.07, 6.45) is 4.38. The molecule has 1 aromatic rings. The predicted octanol–water partition coefficient (Wildman–Crippen LogP) is 3.17. The van der Waals surface area contributed by atoms with Crippen LogP contribution in [0.5, 0.6) is 11.5 Å². The molecule has 2 atom stereocenters. The minimum Gasteiger partial charge on any atom is -0.504 e. The van der Waals surface area contributed by atoms with E-state index in [1.807, 2.05) is 12.1 Å². The van der Waals surface area contributed by atoms with Crippen molar-refractivity contribution in [3.63, 3.8) is 0 Å². The number of hydrogen-bond acceptors (Lipinski definition) is 4. The van der Waals surface area contributed by atoms with Gasteiger partial charge in [0.2, 0.25) is 0 Å². The Morgan fingerprint density at radius 3 is 2.92 bits per heavy atom. The average molecular weight is 366 g/mol. The highest BCUT2D eigenvalue weighted by atomic mass is 32.2. The average Bonchev–Trinajstić information content (AvgIpc) is 3.04. The maximum absolute atomic E-state index is 10.2. The third kappa shape index (κ3) is 6.03. The topological polar surface area (TPSA) is 65.9 Å². The van der Waals surface area contributed by atoms with Gasteiger partial charge in [-0.2, -0.15) is 11.8 Å². The lowest BCUT2D eigenvalue weighted by molar-refractivity contribution is 0.370. The molecule has 1 aliphatic carbocycles. The van der Waals surface area contributed by atoms with E-state index in [-0.39, 0.29) is 5.75 Å². The number of aliphatic imine (C=N–C) groups is 1. The molecule has 2 unspecified atom stereocenters. The number of thioether (sulfide) groups is 1. The van der Waals surface area contributed by atoms with Crippen LogP contribution in [0.1, 0.15) is 38.7 Å². The zero-order valence-corrected chi connectivity index (χ0v) is 16.4. The lowest BCUT2D eigenvalue weighted by atomic mass is 10.1. The maximum atomic E-state index is 10.2. The van der Waals surface area contributed by atoms with Crippen LogP contribution in [0, 0.1) is 0 Å². The van der Waals surface area contributed by atoms with E-state index in [0.717, 1.165) is 23.3 Å². The highest BCUT2D eigenvalue weighted by Gasteiger charge is 2.25. The van der Waals surface area contributed by atoms with Crippen molar-refractivity contribution in [1.82, 2.24) is 10.6 Å². The number of aromatic hydroxyl groups is 1. The molecule has 0 saturated heterocycles. The van der Waals surface area contributed by atoms with Crippen LogP contribution < -0.4 is 15.4 Å². The molecular formula is C19H31N3O2S.